The number of pyridine rings is 1. The molecular weight excluding hydrogens is 268 g/mol. The van der Waals surface area contributed by atoms with Gasteiger partial charge in [0.15, 0.2) is 5.84 Å². The van der Waals surface area contributed by atoms with Crippen LogP contribution < -0.4 is 11.1 Å². The zero-order valence-corrected chi connectivity index (χ0v) is 12.3. The molecule has 0 bridgehead atoms. The van der Waals surface area contributed by atoms with Crippen LogP contribution in [0.25, 0.3) is 0 Å². The van der Waals surface area contributed by atoms with Crippen molar-refractivity contribution in [2.24, 2.45) is 10.9 Å². The molecule has 1 aliphatic rings. The lowest BCUT2D eigenvalue weighted by Crippen LogP contribution is -2.57. The molecule has 114 valence electrons. The van der Waals surface area contributed by atoms with E-state index < -0.39 is 5.54 Å². The summed E-state index contributed by atoms with van der Waals surface area (Å²) in [7, 11) is 0. The van der Waals surface area contributed by atoms with E-state index in [1.54, 1.807) is 12.1 Å². The quantitative estimate of drug-likeness (QED) is 0.260. The van der Waals surface area contributed by atoms with Crippen LogP contribution >= 0.6 is 0 Å². The molecule has 1 heterocycles. The van der Waals surface area contributed by atoms with E-state index in [1.807, 2.05) is 13.0 Å². The predicted molar refractivity (Wildman–Crippen MR) is 80.3 cm³/mol. The molecule has 0 aliphatic heterocycles. The maximum absolute atomic E-state index is 12.4. The van der Waals surface area contributed by atoms with Gasteiger partial charge in [0, 0.05) is 5.69 Å². The molecule has 1 aromatic rings. The summed E-state index contributed by atoms with van der Waals surface area (Å²) in [4.78, 5) is 16.7. The number of hydrogen-bond acceptors (Lipinski definition) is 4. The molecule has 1 fully saturated rings. The Hall–Kier alpha value is -2.11. The Morgan fingerprint density at radius 3 is 2.57 bits per heavy atom. The van der Waals surface area contributed by atoms with Crippen LogP contribution in [0.1, 0.15) is 54.7 Å². The van der Waals surface area contributed by atoms with Crippen molar-refractivity contribution in [1.82, 2.24) is 10.3 Å². The Balaban J connectivity index is 2.24. The average Bonchev–Trinajstić information content (AvgIpc) is 2.73. The number of nitrogens with one attached hydrogen (secondary N) is 1. The number of nitrogens with two attached hydrogens (primary N) is 1. The molecule has 1 aromatic heterocycles. The fraction of sp³-hybridized carbons (Fsp3) is 0.533. The van der Waals surface area contributed by atoms with Gasteiger partial charge in [-0.25, -0.2) is 4.98 Å². The largest absolute Gasteiger partial charge is 0.409 e. The molecule has 6 heteroatoms. The Bertz CT molecular complexity index is 534. The lowest BCUT2D eigenvalue weighted by molar-refractivity contribution is 0.0910. The van der Waals surface area contributed by atoms with E-state index in [1.165, 1.54) is 0 Å². The monoisotopic (exact) mass is 290 g/mol. The second-order valence-corrected chi connectivity index (χ2v) is 5.60. The van der Waals surface area contributed by atoms with Gasteiger partial charge in [-0.15, -0.1) is 0 Å². The molecule has 2 rings (SSSR count). The number of aryl methyl sites for hydroxylation is 1. The highest BCUT2D eigenvalue weighted by molar-refractivity contribution is 5.99. The van der Waals surface area contributed by atoms with Gasteiger partial charge in [0.05, 0.1) is 0 Å². The van der Waals surface area contributed by atoms with Crippen LogP contribution in [-0.4, -0.2) is 27.5 Å². The first kappa shape index (κ1) is 15.3. The van der Waals surface area contributed by atoms with Crippen molar-refractivity contribution in [3.63, 3.8) is 0 Å². The average molecular weight is 290 g/mol. The molecule has 0 radical (unpaired) electrons. The number of nitrogens with zero attached hydrogens (tertiary/aromatic N) is 2. The number of amidine groups is 1. The molecule has 0 saturated heterocycles. The third-order valence-corrected chi connectivity index (χ3v) is 4.03. The number of oxime groups is 1. The van der Waals surface area contributed by atoms with Crippen LogP contribution in [0, 0.1) is 6.92 Å². The Morgan fingerprint density at radius 2 is 2.00 bits per heavy atom. The number of amides is 1. The minimum Gasteiger partial charge on any atom is -0.409 e. The first-order valence-electron chi connectivity index (χ1n) is 7.31. The van der Waals surface area contributed by atoms with Crippen LogP contribution in [0.4, 0.5) is 0 Å². The highest BCUT2D eigenvalue weighted by Crippen LogP contribution is 2.27. The number of carbonyl (C=O) groups is 1. The van der Waals surface area contributed by atoms with E-state index >= 15 is 0 Å². The highest BCUT2D eigenvalue weighted by Gasteiger charge is 2.37. The summed E-state index contributed by atoms with van der Waals surface area (Å²) in [5.74, 6) is -0.211. The second kappa shape index (κ2) is 6.56. The van der Waals surface area contributed by atoms with Gasteiger partial charge in [-0.05, 0) is 31.9 Å². The highest BCUT2D eigenvalue weighted by atomic mass is 16.4. The van der Waals surface area contributed by atoms with Gasteiger partial charge < -0.3 is 16.3 Å². The van der Waals surface area contributed by atoms with E-state index in [0.29, 0.717) is 18.5 Å². The second-order valence-electron chi connectivity index (χ2n) is 5.60. The number of rotatable bonds is 3. The van der Waals surface area contributed by atoms with Crippen molar-refractivity contribution >= 4 is 11.7 Å². The van der Waals surface area contributed by atoms with E-state index in [0.717, 1.165) is 31.4 Å². The molecule has 6 nitrogen and oxygen atoms in total. The van der Waals surface area contributed by atoms with Gasteiger partial charge in [0.1, 0.15) is 11.2 Å². The summed E-state index contributed by atoms with van der Waals surface area (Å²) in [6, 6.07) is 5.29. The summed E-state index contributed by atoms with van der Waals surface area (Å²) in [5, 5.41) is 15.2. The molecule has 1 aliphatic carbocycles. The van der Waals surface area contributed by atoms with E-state index in [2.05, 4.69) is 15.5 Å². The third kappa shape index (κ3) is 3.51. The zero-order valence-electron chi connectivity index (χ0n) is 12.3. The topological polar surface area (TPSA) is 101 Å². The van der Waals surface area contributed by atoms with E-state index in [-0.39, 0.29) is 11.7 Å². The Kier molecular flexibility index (Phi) is 4.77. The van der Waals surface area contributed by atoms with Crippen molar-refractivity contribution < 1.29 is 10.0 Å². The Labute approximate surface area is 124 Å². The van der Waals surface area contributed by atoms with Crippen LogP contribution in [0.3, 0.4) is 0 Å². The molecule has 0 unspecified atom stereocenters. The van der Waals surface area contributed by atoms with Crippen LogP contribution in [0.15, 0.2) is 23.4 Å². The number of aromatic nitrogens is 1. The van der Waals surface area contributed by atoms with Gasteiger partial charge in [0.2, 0.25) is 0 Å². The molecule has 0 aromatic carbocycles. The first-order valence-corrected chi connectivity index (χ1v) is 7.31. The summed E-state index contributed by atoms with van der Waals surface area (Å²) in [5.41, 5.74) is 6.23. The minimum absolute atomic E-state index is 0.0744. The zero-order chi connectivity index (χ0) is 15.3. The van der Waals surface area contributed by atoms with Crippen molar-refractivity contribution in [2.75, 3.05) is 0 Å². The van der Waals surface area contributed by atoms with Crippen molar-refractivity contribution in [3.8, 4) is 0 Å². The normalized spacial score (nSPS) is 18.8. The maximum atomic E-state index is 12.4. The molecule has 0 atom stereocenters. The van der Waals surface area contributed by atoms with Crippen molar-refractivity contribution in [3.05, 3.63) is 29.6 Å². The number of hydrogen-bond donors (Lipinski definition) is 3. The van der Waals surface area contributed by atoms with Gasteiger partial charge in [-0.1, -0.05) is 36.9 Å². The number of carbonyl (C=O) groups excluding carboxylic acids is 1. The molecule has 1 saturated carbocycles. The van der Waals surface area contributed by atoms with Crippen LogP contribution in [0.2, 0.25) is 0 Å². The van der Waals surface area contributed by atoms with Crippen LogP contribution in [-0.2, 0) is 0 Å². The fourth-order valence-corrected chi connectivity index (χ4v) is 2.82. The molecule has 1 amide bonds. The van der Waals surface area contributed by atoms with E-state index in [4.69, 9.17) is 10.9 Å². The fourth-order valence-electron chi connectivity index (χ4n) is 2.82. The van der Waals surface area contributed by atoms with Crippen molar-refractivity contribution in [2.45, 2.75) is 51.0 Å². The van der Waals surface area contributed by atoms with Gasteiger partial charge in [-0.3, -0.25) is 4.79 Å². The first-order chi connectivity index (χ1) is 10.1. The van der Waals surface area contributed by atoms with Crippen molar-refractivity contribution in [1.29, 1.82) is 0 Å². The van der Waals surface area contributed by atoms with Gasteiger partial charge in [-0.2, -0.15) is 0 Å². The van der Waals surface area contributed by atoms with E-state index in [9.17, 15) is 4.79 Å². The van der Waals surface area contributed by atoms with Gasteiger partial charge >= 0.3 is 0 Å². The SMILES string of the molecule is Cc1cccc(C(=O)NC2(/C(N)=N/O)CCCCCC2)n1. The van der Waals surface area contributed by atoms with Crippen LogP contribution in [0.5, 0.6) is 0 Å². The molecule has 21 heavy (non-hydrogen) atoms. The summed E-state index contributed by atoms with van der Waals surface area (Å²) in [6.07, 6.45) is 5.44. The molecule has 0 spiro atoms. The summed E-state index contributed by atoms with van der Waals surface area (Å²) < 4.78 is 0. The lowest BCUT2D eigenvalue weighted by atomic mass is 9.88. The van der Waals surface area contributed by atoms with Gasteiger partial charge in [0.25, 0.3) is 5.91 Å². The smallest absolute Gasteiger partial charge is 0.270 e. The minimum atomic E-state index is -0.770. The predicted octanol–water partition coefficient (Wildman–Crippen LogP) is 1.96. The maximum Gasteiger partial charge on any atom is 0.270 e. The third-order valence-electron chi connectivity index (χ3n) is 4.03. The lowest BCUT2D eigenvalue weighted by Gasteiger charge is -2.32. The summed E-state index contributed by atoms with van der Waals surface area (Å²) >= 11 is 0. The standard InChI is InChI=1S/C15H22N4O2/c1-11-7-6-8-12(17-11)13(20)18-15(14(16)19-21)9-4-2-3-5-10-15/h6-8,21H,2-5,9-10H2,1H3,(H2,16,19)(H,18,20). The Morgan fingerprint density at radius 1 is 1.33 bits per heavy atom. The summed E-state index contributed by atoms with van der Waals surface area (Å²) in [6.45, 7) is 1.84. The molecular formula is C15H22N4O2. The molecule has 4 N–H and O–H groups in total.